The van der Waals surface area contributed by atoms with Crippen LogP contribution in [0.2, 0.25) is 0 Å². The molecule has 0 saturated carbocycles. The van der Waals surface area contributed by atoms with Crippen molar-refractivity contribution in [2.24, 2.45) is 0 Å². The molecule has 152 valence electrons. The molecule has 6 heteroatoms. The maximum atomic E-state index is 13.5. The maximum absolute atomic E-state index is 13.5. The zero-order chi connectivity index (χ0) is 20.8. The van der Waals surface area contributed by atoms with Gasteiger partial charge in [-0.3, -0.25) is 4.79 Å². The van der Waals surface area contributed by atoms with Crippen LogP contribution in [0.3, 0.4) is 0 Å². The molecule has 1 aromatic heterocycles. The van der Waals surface area contributed by atoms with Crippen LogP contribution in [0.4, 0.5) is 5.88 Å². The van der Waals surface area contributed by atoms with Crippen molar-refractivity contribution in [3.8, 4) is 11.5 Å². The molecule has 0 saturated heterocycles. The normalized spacial score (nSPS) is 20.4. The van der Waals surface area contributed by atoms with Crippen LogP contribution in [0.5, 0.6) is 11.5 Å². The summed E-state index contributed by atoms with van der Waals surface area (Å²) in [6, 6.07) is 15.0. The number of phenols is 1. The Kier molecular flexibility index (Phi) is 4.35. The van der Waals surface area contributed by atoms with Gasteiger partial charge in [0.05, 0.1) is 24.3 Å². The van der Waals surface area contributed by atoms with Gasteiger partial charge in [-0.05, 0) is 31.0 Å². The zero-order valence-corrected chi connectivity index (χ0v) is 16.8. The highest BCUT2D eigenvalue weighted by atomic mass is 16.5. The second-order valence-electron chi connectivity index (χ2n) is 7.79. The SMILES string of the molecule is COc1ccccc1[C@@H]1C2=C(C[C@@H](c3ccccc3O)CC2=O)Nc2onc(C)c21. The van der Waals surface area contributed by atoms with E-state index in [0.717, 1.165) is 39.4 Å². The number of rotatable bonds is 3. The van der Waals surface area contributed by atoms with Crippen molar-refractivity contribution in [3.05, 3.63) is 82.2 Å². The van der Waals surface area contributed by atoms with E-state index in [1.807, 2.05) is 43.3 Å². The minimum Gasteiger partial charge on any atom is -0.508 e. The number of hydrogen-bond acceptors (Lipinski definition) is 6. The second kappa shape index (κ2) is 7.06. The number of nitrogens with one attached hydrogen (secondary N) is 1. The molecule has 2 N–H and O–H groups in total. The van der Waals surface area contributed by atoms with Gasteiger partial charge in [0.1, 0.15) is 11.5 Å². The number of para-hydroxylation sites is 2. The van der Waals surface area contributed by atoms with Gasteiger partial charge in [0, 0.05) is 29.2 Å². The van der Waals surface area contributed by atoms with E-state index in [2.05, 4.69) is 10.5 Å². The highest BCUT2D eigenvalue weighted by Crippen LogP contribution is 2.51. The molecule has 5 rings (SSSR count). The summed E-state index contributed by atoms with van der Waals surface area (Å²) in [6.07, 6.45) is 0.937. The minimum atomic E-state index is -0.309. The summed E-state index contributed by atoms with van der Waals surface area (Å²) in [5.74, 6) is 1.14. The smallest absolute Gasteiger partial charge is 0.233 e. The highest BCUT2D eigenvalue weighted by molar-refractivity contribution is 6.01. The number of allylic oxidation sites excluding steroid dienone is 2. The van der Waals surface area contributed by atoms with Crippen LogP contribution in [0.15, 0.2) is 64.3 Å². The Morgan fingerprint density at radius 2 is 1.83 bits per heavy atom. The fourth-order valence-electron chi connectivity index (χ4n) is 4.74. The molecule has 0 spiro atoms. The third-order valence-electron chi connectivity index (χ3n) is 6.08. The number of anilines is 1. The summed E-state index contributed by atoms with van der Waals surface area (Å²) in [4.78, 5) is 13.5. The Bertz CT molecular complexity index is 1180. The summed E-state index contributed by atoms with van der Waals surface area (Å²) in [5, 5.41) is 17.8. The summed E-state index contributed by atoms with van der Waals surface area (Å²) in [7, 11) is 1.63. The molecule has 2 aliphatic rings. The Balaban J connectivity index is 1.66. The number of carbonyl (C=O) groups is 1. The van der Waals surface area contributed by atoms with Gasteiger partial charge in [-0.15, -0.1) is 0 Å². The molecule has 2 aromatic carbocycles. The van der Waals surface area contributed by atoms with Gasteiger partial charge < -0.3 is 19.7 Å². The molecule has 30 heavy (non-hydrogen) atoms. The van der Waals surface area contributed by atoms with E-state index in [4.69, 9.17) is 9.26 Å². The number of phenolic OH excluding ortho intramolecular Hbond substituents is 1. The molecule has 3 aromatic rings. The largest absolute Gasteiger partial charge is 0.508 e. The highest BCUT2D eigenvalue weighted by Gasteiger charge is 2.42. The Labute approximate surface area is 174 Å². The number of aromatic nitrogens is 1. The number of ketones is 1. The minimum absolute atomic E-state index is 0.0548. The summed E-state index contributed by atoms with van der Waals surface area (Å²) in [6.45, 7) is 1.89. The van der Waals surface area contributed by atoms with Crippen molar-refractivity contribution in [1.29, 1.82) is 0 Å². The van der Waals surface area contributed by atoms with E-state index in [1.165, 1.54) is 0 Å². The number of aryl methyl sites for hydroxylation is 1. The lowest BCUT2D eigenvalue weighted by Gasteiger charge is -2.35. The number of carbonyl (C=O) groups excluding carboxylic acids is 1. The summed E-state index contributed by atoms with van der Waals surface area (Å²) < 4.78 is 11.2. The van der Waals surface area contributed by atoms with Crippen LogP contribution >= 0.6 is 0 Å². The lowest BCUT2D eigenvalue weighted by Crippen LogP contribution is -2.29. The molecule has 0 unspecified atom stereocenters. The van der Waals surface area contributed by atoms with Crippen molar-refractivity contribution in [2.45, 2.75) is 31.6 Å². The number of Topliss-reactive ketones (excluding diaryl/α,β-unsaturated/α-hetero) is 1. The van der Waals surface area contributed by atoms with E-state index in [-0.39, 0.29) is 23.4 Å². The molecule has 0 amide bonds. The quantitative estimate of drug-likeness (QED) is 0.663. The number of fused-ring (bicyclic) bond motifs is 1. The predicted molar refractivity (Wildman–Crippen MR) is 112 cm³/mol. The lowest BCUT2D eigenvalue weighted by atomic mass is 9.72. The van der Waals surface area contributed by atoms with Gasteiger partial charge in [-0.2, -0.15) is 0 Å². The molecule has 6 nitrogen and oxygen atoms in total. The second-order valence-corrected chi connectivity index (χ2v) is 7.79. The molecular weight excluding hydrogens is 380 g/mol. The molecule has 0 fully saturated rings. The van der Waals surface area contributed by atoms with Crippen molar-refractivity contribution >= 4 is 11.7 Å². The first-order valence-electron chi connectivity index (χ1n) is 9.98. The lowest BCUT2D eigenvalue weighted by molar-refractivity contribution is -0.116. The number of nitrogens with zero attached hydrogens (tertiary/aromatic N) is 1. The van der Waals surface area contributed by atoms with Crippen LogP contribution < -0.4 is 10.1 Å². The van der Waals surface area contributed by atoms with Crippen molar-refractivity contribution < 1.29 is 19.2 Å². The van der Waals surface area contributed by atoms with Gasteiger partial charge in [0.15, 0.2) is 5.78 Å². The Morgan fingerprint density at radius 3 is 2.60 bits per heavy atom. The first kappa shape index (κ1) is 18.5. The van der Waals surface area contributed by atoms with Crippen molar-refractivity contribution in [2.75, 3.05) is 12.4 Å². The fourth-order valence-corrected chi connectivity index (χ4v) is 4.74. The average Bonchev–Trinajstić information content (AvgIpc) is 3.13. The third-order valence-corrected chi connectivity index (χ3v) is 6.08. The summed E-state index contributed by atoms with van der Waals surface area (Å²) >= 11 is 0. The fraction of sp³-hybridized carbons (Fsp3) is 0.250. The molecule has 1 aliphatic carbocycles. The third kappa shape index (κ3) is 2.79. The number of ether oxygens (including phenoxy) is 1. The van der Waals surface area contributed by atoms with E-state index in [1.54, 1.807) is 19.2 Å². The van der Waals surface area contributed by atoms with Gasteiger partial charge in [0.2, 0.25) is 5.88 Å². The van der Waals surface area contributed by atoms with Crippen molar-refractivity contribution in [3.63, 3.8) is 0 Å². The molecule has 0 radical (unpaired) electrons. The molecular formula is C24H22N2O4. The molecule has 0 bridgehead atoms. The van der Waals surface area contributed by atoms with Gasteiger partial charge in [0.25, 0.3) is 0 Å². The average molecular weight is 402 g/mol. The zero-order valence-electron chi connectivity index (χ0n) is 16.8. The van der Waals surface area contributed by atoms with Crippen molar-refractivity contribution in [1.82, 2.24) is 5.16 Å². The number of aromatic hydroxyl groups is 1. The monoisotopic (exact) mass is 402 g/mol. The standard InChI is InChI=1S/C24H22N2O4/c1-13-21-22(16-8-4-6-10-20(16)29-2)23-17(25-24(21)30-26-13)11-14(12-19(23)28)15-7-3-5-9-18(15)27/h3-10,14,22,25,27H,11-12H2,1-2H3/t14-,22+/m1/s1. The van der Waals surface area contributed by atoms with Crippen LogP contribution in [-0.2, 0) is 4.79 Å². The maximum Gasteiger partial charge on any atom is 0.233 e. The van der Waals surface area contributed by atoms with Crippen LogP contribution in [0.1, 0.15) is 47.1 Å². The van der Waals surface area contributed by atoms with Crippen LogP contribution in [0.25, 0.3) is 0 Å². The first-order chi connectivity index (χ1) is 14.6. The van der Waals surface area contributed by atoms with Crippen LogP contribution in [0, 0.1) is 6.92 Å². The molecule has 2 heterocycles. The van der Waals surface area contributed by atoms with E-state index in [0.29, 0.717) is 18.7 Å². The number of benzene rings is 2. The Hall–Kier alpha value is -3.54. The van der Waals surface area contributed by atoms with Gasteiger partial charge in [-0.1, -0.05) is 41.6 Å². The van der Waals surface area contributed by atoms with E-state index >= 15 is 0 Å². The molecule has 1 aliphatic heterocycles. The van der Waals surface area contributed by atoms with Crippen LogP contribution in [-0.4, -0.2) is 23.2 Å². The van der Waals surface area contributed by atoms with E-state index < -0.39 is 0 Å². The number of methoxy groups -OCH3 is 1. The Morgan fingerprint density at radius 1 is 1.10 bits per heavy atom. The topological polar surface area (TPSA) is 84.6 Å². The summed E-state index contributed by atoms with van der Waals surface area (Å²) in [5.41, 5.74) is 4.86. The predicted octanol–water partition coefficient (Wildman–Crippen LogP) is 4.66. The van der Waals surface area contributed by atoms with Gasteiger partial charge >= 0.3 is 0 Å². The molecule has 2 atom stereocenters. The first-order valence-corrected chi connectivity index (χ1v) is 9.98. The van der Waals surface area contributed by atoms with E-state index in [9.17, 15) is 9.90 Å². The number of hydrogen-bond donors (Lipinski definition) is 2. The van der Waals surface area contributed by atoms with Gasteiger partial charge in [-0.25, -0.2) is 0 Å².